The highest BCUT2D eigenvalue weighted by molar-refractivity contribution is 5.96. The predicted molar refractivity (Wildman–Crippen MR) is 92.6 cm³/mol. The first kappa shape index (κ1) is 16.7. The van der Waals surface area contributed by atoms with Gasteiger partial charge in [0, 0.05) is 30.6 Å². The van der Waals surface area contributed by atoms with E-state index in [0.29, 0.717) is 23.7 Å². The molecule has 0 aliphatic carbocycles. The Morgan fingerprint density at radius 1 is 1.04 bits per heavy atom. The molecule has 120 valence electrons. The normalized spacial score (nSPS) is 11.6. The topological polar surface area (TPSA) is 58.2 Å². The number of benzene rings is 2. The van der Waals surface area contributed by atoms with Crippen molar-refractivity contribution in [3.05, 3.63) is 65.7 Å². The summed E-state index contributed by atoms with van der Waals surface area (Å²) in [6, 6.07) is 17.1. The average molecular weight is 310 g/mol. The maximum absolute atomic E-state index is 12.3. The fourth-order valence-electron chi connectivity index (χ4n) is 2.48. The van der Waals surface area contributed by atoms with Gasteiger partial charge in [0.15, 0.2) is 0 Å². The number of hydrogen-bond acceptors (Lipinski definition) is 2. The third kappa shape index (κ3) is 4.95. The minimum atomic E-state index is -0.155. The van der Waals surface area contributed by atoms with Crippen LogP contribution in [0, 0.1) is 0 Å². The van der Waals surface area contributed by atoms with E-state index in [0.717, 1.165) is 6.42 Å². The zero-order valence-electron chi connectivity index (χ0n) is 13.5. The summed E-state index contributed by atoms with van der Waals surface area (Å²) in [5.41, 5.74) is 2.39. The summed E-state index contributed by atoms with van der Waals surface area (Å²) in [5.74, 6) is 0.00273. The lowest BCUT2D eigenvalue weighted by molar-refractivity contribution is -0.114. The van der Waals surface area contributed by atoms with Gasteiger partial charge in [-0.1, -0.05) is 43.3 Å². The molecule has 0 fully saturated rings. The molecule has 0 spiro atoms. The predicted octanol–water partition coefficient (Wildman–Crippen LogP) is 3.57. The molecule has 1 unspecified atom stereocenters. The van der Waals surface area contributed by atoms with E-state index in [1.165, 1.54) is 12.5 Å². The minimum Gasteiger partial charge on any atom is -0.351 e. The third-order valence-corrected chi connectivity index (χ3v) is 3.72. The van der Waals surface area contributed by atoms with Crippen LogP contribution in [0.25, 0.3) is 0 Å². The molecular formula is C19H22N2O2. The van der Waals surface area contributed by atoms with Gasteiger partial charge < -0.3 is 10.6 Å². The van der Waals surface area contributed by atoms with E-state index in [1.54, 1.807) is 24.3 Å². The van der Waals surface area contributed by atoms with E-state index < -0.39 is 0 Å². The van der Waals surface area contributed by atoms with Crippen LogP contribution in [0.4, 0.5) is 5.69 Å². The molecule has 1 atom stereocenters. The van der Waals surface area contributed by atoms with Crippen molar-refractivity contribution in [3.63, 3.8) is 0 Å². The number of nitrogens with one attached hydrogen (secondary N) is 2. The van der Waals surface area contributed by atoms with Crippen molar-refractivity contribution in [3.8, 4) is 0 Å². The fraction of sp³-hybridized carbons (Fsp3) is 0.263. The van der Waals surface area contributed by atoms with Crippen LogP contribution in [0.2, 0.25) is 0 Å². The van der Waals surface area contributed by atoms with Crippen molar-refractivity contribution in [1.82, 2.24) is 5.32 Å². The molecule has 0 heterocycles. The first-order valence-electron chi connectivity index (χ1n) is 7.81. The van der Waals surface area contributed by atoms with Crippen LogP contribution in [0.5, 0.6) is 0 Å². The van der Waals surface area contributed by atoms with Gasteiger partial charge in [-0.05, 0) is 30.2 Å². The summed E-state index contributed by atoms with van der Waals surface area (Å²) in [5, 5.41) is 5.66. The van der Waals surface area contributed by atoms with E-state index in [2.05, 4.69) is 29.7 Å². The van der Waals surface area contributed by atoms with Crippen molar-refractivity contribution >= 4 is 17.5 Å². The van der Waals surface area contributed by atoms with E-state index in [9.17, 15) is 9.59 Å². The molecule has 0 aliphatic rings. The van der Waals surface area contributed by atoms with Gasteiger partial charge in [-0.25, -0.2) is 0 Å². The second-order valence-corrected chi connectivity index (χ2v) is 5.49. The second kappa shape index (κ2) is 8.13. The zero-order chi connectivity index (χ0) is 16.7. The summed E-state index contributed by atoms with van der Waals surface area (Å²) in [6.07, 6.45) is 0.955. The maximum Gasteiger partial charge on any atom is 0.251 e. The fourth-order valence-corrected chi connectivity index (χ4v) is 2.48. The molecule has 0 saturated carbocycles. The van der Waals surface area contributed by atoms with Crippen molar-refractivity contribution in [2.45, 2.75) is 26.2 Å². The van der Waals surface area contributed by atoms with E-state index >= 15 is 0 Å². The quantitative estimate of drug-likeness (QED) is 0.857. The lowest BCUT2D eigenvalue weighted by atomic mass is 9.96. The first-order chi connectivity index (χ1) is 11.1. The number of rotatable bonds is 6. The van der Waals surface area contributed by atoms with Crippen LogP contribution in [0.15, 0.2) is 54.6 Å². The van der Waals surface area contributed by atoms with E-state index in [4.69, 9.17) is 0 Å². The summed E-state index contributed by atoms with van der Waals surface area (Å²) >= 11 is 0. The van der Waals surface area contributed by atoms with Crippen LogP contribution in [0.3, 0.4) is 0 Å². The highest BCUT2D eigenvalue weighted by Gasteiger charge is 2.12. The van der Waals surface area contributed by atoms with Gasteiger partial charge in [0.1, 0.15) is 0 Å². The van der Waals surface area contributed by atoms with Crippen LogP contribution < -0.4 is 10.6 Å². The molecule has 0 aliphatic heterocycles. The summed E-state index contributed by atoms with van der Waals surface area (Å²) < 4.78 is 0. The molecule has 0 bridgehead atoms. The van der Waals surface area contributed by atoms with Gasteiger partial charge in [0.25, 0.3) is 5.91 Å². The third-order valence-electron chi connectivity index (χ3n) is 3.72. The Kier molecular flexibility index (Phi) is 5.92. The number of carbonyl (C=O) groups is 2. The average Bonchev–Trinajstić information content (AvgIpc) is 2.56. The number of carbonyl (C=O) groups excluding carboxylic acids is 2. The van der Waals surface area contributed by atoms with Crippen molar-refractivity contribution in [2.75, 3.05) is 11.9 Å². The maximum atomic E-state index is 12.3. The van der Waals surface area contributed by atoms with Crippen LogP contribution in [-0.2, 0) is 4.79 Å². The Morgan fingerprint density at radius 2 is 1.78 bits per heavy atom. The van der Waals surface area contributed by atoms with Gasteiger partial charge >= 0.3 is 0 Å². The summed E-state index contributed by atoms with van der Waals surface area (Å²) in [4.78, 5) is 23.4. The molecule has 2 rings (SSSR count). The highest BCUT2D eigenvalue weighted by atomic mass is 16.2. The molecule has 0 aromatic heterocycles. The lowest BCUT2D eigenvalue weighted by Crippen LogP contribution is -2.28. The largest absolute Gasteiger partial charge is 0.351 e. The Hall–Kier alpha value is -2.62. The van der Waals surface area contributed by atoms with Crippen molar-refractivity contribution in [1.29, 1.82) is 0 Å². The monoisotopic (exact) mass is 310 g/mol. The lowest BCUT2D eigenvalue weighted by Gasteiger charge is -2.16. The van der Waals surface area contributed by atoms with Gasteiger partial charge in [0.05, 0.1) is 0 Å². The standard InChI is InChI=1S/C19H22N2O2/c1-3-15(16-8-5-4-6-9-16)13-20-19(23)17-10-7-11-18(12-17)21-14(2)22/h4-12,15H,3,13H2,1-2H3,(H,20,23)(H,21,22). The molecule has 2 aromatic rings. The SMILES string of the molecule is CCC(CNC(=O)c1cccc(NC(C)=O)c1)c1ccccc1. The Bertz CT molecular complexity index is 668. The molecule has 0 saturated heterocycles. The van der Waals surface area contributed by atoms with Crippen molar-refractivity contribution < 1.29 is 9.59 Å². The Morgan fingerprint density at radius 3 is 2.43 bits per heavy atom. The van der Waals surface area contributed by atoms with Gasteiger partial charge in [-0.15, -0.1) is 0 Å². The van der Waals surface area contributed by atoms with Crippen LogP contribution in [-0.4, -0.2) is 18.4 Å². The smallest absolute Gasteiger partial charge is 0.251 e. The molecule has 2 aromatic carbocycles. The Balaban J connectivity index is 2.00. The molecule has 0 radical (unpaired) electrons. The molecular weight excluding hydrogens is 288 g/mol. The highest BCUT2D eigenvalue weighted by Crippen LogP contribution is 2.18. The van der Waals surface area contributed by atoms with Crippen molar-refractivity contribution in [2.24, 2.45) is 0 Å². The van der Waals surface area contributed by atoms with Crippen LogP contribution in [0.1, 0.15) is 42.1 Å². The molecule has 2 amide bonds. The zero-order valence-corrected chi connectivity index (χ0v) is 13.5. The number of amides is 2. The van der Waals surface area contributed by atoms with Gasteiger partial charge in [-0.3, -0.25) is 9.59 Å². The summed E-state index contributed by atoms with van der Waals surface area (Å²) in [7, 11) is 0. The Labute approximate surface area is 136 Å². The van der Waals surface area contributed by atoms with E-state index in [1.807, 2.05) is 18.2 Å². The first-order valence-corrected chi connectivity index (χ1v) is 7.81. The van der Waals surface area contributed by atoms with E-state index in [-0.39, 0.29) is 11.8 Å². The van der Waals surface area contributed by atoms with Crippen LogP contribution >= 0.6 is 0 Å². The minimum absolute atomic E-state index is 0.133. The van der Waals surface area contributed by atoms with Gasteiger partial charge in [0.2, 0.25) is 5.91 Å². The van der Waals surface area contributed by atoms with Gasteiger partial charge in [-0.2, -0.15) is 0 Å². The second-order valence-electron chi connectivity index (χ2n) is 5.49. The molecule has 4 nitrogen and oxygen atoms in total. The molecule has 2 N–H and O–H groups in total. The number of hydrogen-bond donors (Lipinski definition) is 2. The number of anilines is 1. The molecule has 23 heavy (non-hydrogen) atoms. The summed E-state index contributed by atoms with van der Waals surface area (Å²) in [6.45, 7) is 4.14. The molecule has 4 heteroatoms.